The van der Waals surface area contributed by atoms with Crippen molar-refractivity contribution in [1.29, 1.82) is 0 Å². The first-order valence-electron chi connectivity index (χ1n) is 5.34. The minimum atomic E-state index is -0.396. The van der Waals surface area contributed by atoms with Crippen LogP contribution in [0.1, 0.15) is 5.56 Å². The van der Waals surface area contributed by atoms with Gasteiger partial charge in [0.25, 0.3) is 5.69 Å². The van der Waals surface area contributed by atoms with Gasteiger partial charge in [-0.15, -0.1) is 0 Å². The number of nitrogen functional groups attached to an aromatic ring is 1. The summed E-state index contributed by atoms with van der Waals surface area (Å²) in [5, 5.41) is 13.9. The van der Waals surface area contributed by atoms with E-state index in [0.717, 1.165) is 0 Å². The zero-order chi connectivity index (χ0) is 13.0. The molecule has 0 atom stereocenters. The zero-order valence-corrected chi connectivity index (χ0v) is 9.54. The molecule has 0 saturated carbocycles. The second-order valence-corrected chi connectivity index (χ2v) is 3.70. The second kappa shape index (κ2) is 5.13. The number of nitro benzene ring substituents is 1. The van der Waals surface area contributed by atoms with E-state index in [4.69, 9.17) is 5.73 Å². The van der Waals surface area contributed by atoms with E-state index < -0.39 is 4.92 Å². The van der Waals surface area contributed by atoms with Gasteiger partial charge in [-0.1, -0.05) is 18.2 Å². The molecule has 0 bridgehead atoms. The molecule has 1 heterocycles. The smallest absolute Gasteiger partial charge is 0.274 e. The molecule has 0 amide bonds. The number of benzene rings is 1. The minimum Gasteiger partial charge on any atom is -0.396 e. The van der Waals surface area contributed by atoms with Crippen LogP contribution in [0.15, 0.2) is 42.7 Å². The Labute approximate surface area is 104 Å². The van der Waals surface area contributed by atoms with Crippen LogP contribution in [-0.2, 0) is 6.54 Å². The third-order valence-corrected chi connectivity index (χ3v) is 2.51. The molecule has 1 aromatic carbocycles. The number of hydrogen-bond acceptors (Lipinski definition) is 5. The summed E-state index contributed by atoms with van der Waals surface area (Å²) in [4.78, 5) is 14.3. The lowest BCUT2D eigenvalue weighted by atomic mass is 10.2. The van der Waals surface area contributed by atoms with Crippen LogP contribution in [0.5, 0.6) is 0 Å². The number of nitrogens with two attached hydrogens (primary N) is 1. The van der Waals surface area contributed by atoms with Crippen LogP contribution in [0.25, 0.3) is 0 Å². The molecule has 0 spiro atoms. The van der Waals surface area contributed by atoms with Crippen LogP contribution in [0, 0.1) is 10.1 Å². The molecule has 0 aliphatic heterocycles. The van der Waals surface area contributed by atoms with E-state index in [1.54, 1.807) is 30.5 Å². The number of para-hydroxylation sites is 1. The Morgan fingerprint density at radius 3 is 2.83 bits per heavy atom. The van der Waals surface area contributed by atoms with Gasteiger partial charge >= 0.3 is 0 Å². The fraction of sp³-hybridized carbons (Fsp3) is 0.0833. The highest BCUT2D eigenvalue weighted by atomic mass is 16.6. The van der Waals surface area contributed by atoms with Crippen LogP contribution < -0.4 is 11.1 Å². The summed E-state index contributed by atoms with van der Waals surface area (Å²) in [6, 6.07) is 8.32. The number of rotatable bonds is 4. The topological polar surface area (TPSA) is 94.1 Å². The number of nitrogens with zero attached hydrogens (tertiary/aromatic N) is 2. The molecule has 0 aliphatic carbocycles. The van der Waals surface area contributed by atoms with E-state index in [9.17, 15) is 10.1 Å². The number of nitro groups is 1. The first kappa shape index (κ1) is 11.8. The summed E-state index contributed by atoms with van der Waals surface area (Å²) < 4.78 is 0. The maximum Gasteiger partial charge on any atom is 0.274 e. The van der Waals surface area contributed by atoms with Gasteiger partial charge in [0.05, 0.1) is 22.5 Å². The standard InChI is InChI=1S/C12H12N4O2/c13-10-8-14-6-5-11(10)15-7-9-3-1-2-4-12(9)16(17)18/h1-6,8H,7,13H2,(H,14,15). The predicted molar refractivity (Wildman–Crippen MR) is 69.1 cm³/mol. The summed E-state index contributed by atoms with van der Waals surface area (Å²) in [5.41, 5.74) is 7.65. The molecule has 92 valence electrons. The summed E-state index contributed by atoms with van der Waals surface area (Å²) in [7, 11) is 0. The fourth-order valence-electron chi connectivity index (χ4n) is 1.60. The molecule has 2 rings (SSSR count). The van der Waals surface area contributed by atoms with Gasteiger partial charge in [-0.2, -0.15) is 0 Å². The van der Waals surface area contributed by atoms with Crippen LogP contribution in [-0.4, -0.2) is 9.91 Å². The van der Waals surface area contributed by atoms with Crippen molar-refractivity contribution in [3.63, 3.8) is 0 Å². The van der Waals surface area contributed by atoms with Crippen molar-refractivity contribution in [2.45, 2.75) is 6.54 Å². The number of nitrogens with one attached hydrogen (secondary N) is 1. The van der Waals surface area contributed by atoms with Crippen LogP contribution in [0.4, 0.5) is 17.1 Å². The molecule has 3 N–H and O–H groups in total. The monoisotopic (exact) mass is 244 g/mol. The van der Waals surface area contributed by atoms with E-state index in [1.807, 2.05) is 0 Å². The molecular weight excluding hydrogens is 232 g/mol. The Hall–Kier alpha value is -2.63. The molecule has 1 aromatic heterocycles. The number of pyridine rings is 1. The van der Waals surface area contributed by atoms with Crippen molar-refractivity contribution in [3.8, 4) is 0 Å². The van der Waals surface area contributed by atoms with E-state index >= 15 is 0 Å². The van der Waals surface area contributed by atoms with Crippen LogP contribution >= 0.6 is 0 Å². The molecule has 6 heteroatoms. The quantitative estimate of drug-likeness (QED) is 0.635. The lowest BCUT2D eigenvalue weighted by Gasteiger charge is -2.08. The Morgan fingerprint density at radius 2 is 2.11 bits per heavy atom. The van der Waals surface area contributed by atoms with Crippen molar-refractivity contribution in [1.82, 2.24) is 4.98 Å². The normalized spacial score (nSPS) is 10.0. The second-order valence-electron chi connectivity index (χ2n) is 3.70. The Morgan fingerprint density at radius 1 is 1.33 bits per heavy atom. The fourth-order valence-corrected chi connectivity index (χ4v) is 1.60. The van der Waals surface area contributed by atoms with E-state index in [0.29, 0.717) is 23.5 Å². The lowest BCUT2D eigenvalue weighted by Crippen LogP contribution is -2.05. The maximum atomic E-state index is 10.8. The van der Waals surface area contributed by atoms with Gasteiger partial charge in [-0.25, -0.2) is 0 Å². The van der Waals surface area contributed by atoms with Crippen molar-refractivity contribution in [3.05, 3.63) is 58.4 Å². The van der Waals surface area contributed by atoms with Gasteiger partial charge in [0.15, 0.2) is 0 Å². The molecule has 6 nitrogen and oxygen atoms in total. The van der Waals surface area contributed by atoms with Gasteiger partial charge in [-0.3, -0.25) is 15.1 Å². The highest BCUT2D eigenvalue weighted by Crippen LogP contribution is 2.21. The highest BCUT2D eigenvalue weighted by molar-refractivity contribution is 5.64. The van der Waals surface area contributed by atoms with E-state index in [1.165, 1.54) is 12.3 Å². The third kappa shape index (κ3) is 2.54. The minimum absolute atomic E-state index is 0.0950. The zero-order valence-electron chi connectivity index (χ0n) is 9.54. The van der Waals surface area contributed by atoms with Crippen molar-refractivity contribution in [2.24, 2.45) is 0 Å². The molecule has 18 heavy (non-hydrogen) atoms. The van der Waals surface area contributed by atoms with Gasteiger partial charge in [0.2, 0.25) is 0 Å². The van der Waals surface area contributed by atoms with Gasteiger partial charge in [0.1, 0.15) is 0 Å². The Kier molecular flexibility index (Phi) is 3.38. The molecule has 0 fully saturated rings. The maximum absolute atomic E-state index is 10.8. The van der Waals surface area contributed by atoms with Gasteiger partial charge in [0, 0.05) is 24.4 Å². The molecule has 0 radical (unpaired) electrons. The highest BCUT2D eigenvalue weighted by Gasteiger charge is 2.11. The molecule has 2 aromatic rings. The Balaban J connectivity index is 2.16. The first-order valence-corrected chi connectivity index (χ1v) is 5.34. The molecular formula is C12H12N4O2. The number of aromatic nitrogens is 1. The average Bonchev–Trinajstić information content (AvgIpc) is 2.38. The Bertz CT molecular complexity index is 572. The third-order valence-electron chi connectivity index (χ3n) is 2.51. The summed E-state index contributed by atoms with van der Waals surface area (Å²) >= 11 is 0. The van der Waals surface area contributed by atoms with E-state index in [-0.39, 0.29) is 5.69 Å². The number of anilines is 2. The van der Waals surface area contributed by atoms with Gasteiger partial charge in [-0.05, 0) is 6.07 Å². The van der Waals surface area contributed by atoms with Crippen molar-refractivity contribution >= 4 is 17.1 Å². The molecule has 0 unspecified atom stereocenters. The first-order chi connectivity index (χ1) is 8.68. The molecule has 0 aliphatic rings. The largest absolute Gasteiger partial charge is 0.396 e. The summed E-state index contributed by atoms with van der Waals surface area (Å²) in [6.07, 6.45) is 3.14. The summed E-state index contributed by atoms with van der Waals surface area (Å²) in [6.45, 7) is 0.339. The van der Waals surface area contributed by atoms with Crippen LogP contribution in [0.3, 0.4) is 0 Å². The lowest BCUT2D eigenvalue weighted by molar-refractivity contribution is -0.385. The van der Waals surface area contributed by atoms with Crippen molar-refractivity contribution < 1.29 is 4.92 Å². The van der Waals surface area contributed by atoms with Gasteiger partial charge < -0.3 is 11.1 Å². The van der Waals surface area contributed by atoms with Crippen molar-refractivity contribution in [2.75, 3.05) is 11.1 Å². The van der Waals surface area contributed by atoms with Crippen LogP contribution in [0.2, 0.25) is 0 Å². The average molecular weight is 244 g/mol. The molecule has 0 saturated heterocycles. The number of hydrogen-bond donors (Lipinski definition) is 2. The van der Waals surface area contributed by atoms with E-state index in [2.05, 4.69) is 10.3 Å². The SMILES string of the molecule is Nc1cnccc1NCc1ccccc1[N+](=O)[O-]. The predicted octanol–water partition coefficient (Wildman–Crippen LogP) is 2.18. The summed E-state index contributed by atoms with van der Waals surface area (Å²) in [5.74, 6) is 0.